The topological polar surface area (TPSA) is 98.1 Å². The Balaban J connectivity index is 2.43. The highest BCUT2D eigenvalue weighted by molar-refractivity contribution is 7.80. The van der Waals surface area contributed by atoms with Gasteiger partial charge in [0.1, 0.15) is 4.99 Å². The number of nitrogens with two attached hydrogens (primary N) is 2. The SMILES string of the molecule is Cc1nnc(N2CCC(C)(C(N)=O)C2)c(C(N)=S)c1C. The van der Waals surface area contributed by atoms with Crippen molar-refractivity contribution in [2.45, 2.75) is 27.2 Å². The minimum atomic E-state index is -0.548. The molecule has 1 aliphatic rings. The lowest BCUT2D eigenvalue weighted by Crippen LogP contribution is -2.37. The van der Waals surface area contributed by atoms with Crippen LogP contribution in [0.5, 0.6) is 0 Å². The minimum absolute atomic E-state index is 0.295. The standard InChI is InChI=1S/C13H19N5OS/c1-7-8(2)16-17-11(9(7)10(14)20)18-5-4-13(3,6-18)12(15)19/h4-6H2,1-3H3,(H2,14,20)(H2,15,19). The molecule has 0 saturated carbocycles. The molecule has 1 aromatic heterocycles. The molecule has 1 unspecified atom stereocenters. The molecule has 1 saturated heterocycles. The molecule has 0 bridgehead atoms. The molecule has 1 amide bonds. The van der Waals surface area contributed by atoms with Crippen LogP contribution in [0.15, 0.2) is 0 Å². The van der Waals surface area contributed by atoms with E-state index >= 15 is 0 Å². The van der Waals surface area contributed by atoms with Crippen LogP contribution in [0.2, 0.25) is 0 Å². The van der Waals surface area contributed by atoms with E-state index < -0.39 is 5.41 Å². The molecule has 1 atom stereocenters. The lowest BCUT2D eigenvalue weighted by molar-refractivity contribution is -0.125. The van der Waals surface area contributed by atoms with E-state index in [0.29, 0.717) is 30.3 Å². The Labute approximate surface area is 123 Å². The maximum Gasteiger partial charge on any atom is 0.225 e. The Morgan fingerprint density at radius 3 is 2.50 bits per heavy atom. The summed E-state index contributed by atoms with van der Waals surface area (Å²) in [6.45, 7) is 6.85. The van der Waals surface area contributed by atoms with Crippen molar-refractivity contribution >= 4 is 28.9 Å². The number of nitrogens with zero attached hydrogens (tertiary/aromatic N) is 3. The molecule has 4 N–H and O–H groups in total. The van der Waals surface area contributed by atoms with E-state index in [0.717, 1.165) is 16.8 Å². The van der Waals surface area contributed by atoms with Crippen molar-refractivity contribution in [3.63, 3.8) is 0 Å². The largest absolute Gasteiger partial charge is 0.389 e. The van der Waals surface area contributed by atoms with E-state index in [2.05, 4.69) is 10.2 Å². The van der Waals surface area contributed by atoms with Crippen LogP contribution in [0, 0.1) is 19.3 Å². The van der Waals surface area contributed by atoms with Crippen molar-refractivity contribution in [2.75, 3.05) is 18.0 Å². The monoisotopic (exact) mass is 293 g/mol. The third-order valence-electron chi connectivity index (χ3n) is 4.05. The summed E-state index contributed by atoms with van der Waals surface area (Å²) >= 11 is 5.13. The van der Waals surface area contributed by atoms with Crippen LogP contribution in [0.25, 0.3) is 0 Å². The Bertz CT molecular complexity index is 588. The molecule has 7 heteroatoms. The molecule has 1 fully saturated rings. The summed E-state index contributed by atoms with van der Waals surface area (Å²) in [6.07, 6.45) is 0.688. The van der Waals surface area contributed by atoms with Crippen molar-refractivity contribution in [3.05, 3.63) is 16.8 Å². The number of hydrogen-bond acceptors (Lipinski definition) is 5. The van der Waals surface area contributed by atoms with Crippen molar-refractivity contribution in [1.29, 1.82) is 0 Å². The number of primary amides is 1. The Hall–Kier alpha value is -1.76. The predicted molar refractivity (Wildman–Crippen MR) is 81.5 cm³/mol. The summed E-state index contributed by atoms with van der Waals surface area (Å²) in [5, 5.41) is 8.36. The molecular weight excluding hydrogens is 274 g/mol. The first kappa shape index (κ1) is 14.6. The van der Waals surface area contributed by atoms with Crippen LogP contribution in [0.1, 0.15) is 30.2 Å². The van der Waals surface area contributed by atoms with Crippen molar-refractivity contribution in [3.8, 4) is 0 Å². The molecule has 6 nitrogen and oxygen atoms in total. The molecular formula is C13H19N5OS. The zero-order valence-electron chi connectivity index (χ0n) is 11.9. The Morgan fingerprint density at radius 1 is 1.35 bits per heavy atom. The maximum absolute atomic E-state index is 11.5. The number of hydrogen-bond donors (Lipinski definition) is 2. The van der Waals surface area contributed by atoms with Gasteiger partial charge in [0.25, 0.3) is 0 Å². The van der Waals surface area contributed by atoms with Gasteiger partial charge < -0.3 is 16.4 Å². The highest BCUT2D eigenvalue weighted by Crippen LogP contribution is 2.34. The normalized spacial score (nSPS) is 22.1. The quantitative estimate of drug-likeness (QED) is 0.784. The molecule has 0 spiro atoms. The van der Waals surface area contributed by atoms with Crippen molar-refractivity contribution in [1.82, 2.24) is 10.2 Å². The number of thiocarbonyl (C=S) groups is 1. The highest BCUT2D eigenvalue weighted by atomic mass is 32.1. The lowest BCUT2D eigenvalue weighted by Gasteiger charge is -2.24. The van der Waals surface area contributed by atoms with Gasteiger partial charge >= 0.3 is 0 Å². The van der Waals surface area contributed by atoms with Crippen LogP contribution in [0.4, 0.5) is 5.82 Å². The van der Waals surface area contributed by atoms with Crippen LogP contribution >= 0.6 is 12.2 Å². The zero-order valence-corrected chi connectivity index (χ0v) is 12.8. The Morgan fingerprint density at radius 2 is 2.00 bits per heavy atom. The first-order chi connectivity index (χ1) is 9.26. The van der Waals surface area contributed by atoms with E-state index in [4.69, 9.17) is 23.7 Å². The fourth-order valence-corrected chi connectivity index (χ4v) is 2.70. The first-order valence-corrected chi connectivity index (χ1v) is 6.85. The summed E-state index contributed by atoms with van der Waals surface area (Å²) in [7, 11) is 0. The summed E-state index contributed by atoms with van der Waals surface area (Å²) < 4.78 is 0. The third-order valence-corrected chi connectivity index (χ3v) is 4.25. The molecule has 1 aromatic rings. The molecule has 0 aliphatic carbocycles. The van der Waals surface area contributed by atoms with Gasteiger partial charge in [0.2, 0.25) is 5.91 Å². The summed E-state index contributed by atoms with van der Waals surface area (Å²) in [4.78, 5) is 13.8. The van der Waals surface area contributed by atoms with E-state index in [1.54, 1.807) is 0 Å². The lowest BCUT2D eigenvalue weighted by atomic mass is 9.89. The second kappa shape index (κ2) is 4.97. The zero-order chi connectivity index (χ0) is 15.1. The third kappa shape index (κ3) is 2.33. The number of aryl methyl sites for hydroxylation is 1. The van der Waals surface area contributed by atoms with Crippen LogP contribution in [0.3, 0.4) is 0 Å². The van der Waals surface area contributed by atoms with Crippen LogP contribution < -0.4 is 16.4 Å². The second-order valence-corrected chi connectivity index (χ2v) is 6.01. The molecule has 2 rings (SSSR count). The van der Waals surface area contributed by atoms with Gasteiger partial charge in [0.15, 0.2) is 5.82 Å². The average molecular weight is 293 g/mol. The van der Waals surface area contributed by atoms with E-state index in [1.807, 2.05) is 25.7 Å². The maximum atomic E-state index is 11.5. The number of aromatic nitrogens is 2. The second-order valence-electron chi connectivity index (χ2n) is 5.57. The van der Waals surface area contributed by atoms with Gasteiger partial charge in [-0.3, -0.25) is 4.79 Å². The minimum Gasteiger partial charge on any atom is -0.389 e. The predicted octanol–water partition coefficient (Wildman–Crippen LogP) is 0.429. The molecule has 0 aromatic carbocycles. The number of rotatable bonds is 3. The number of anilines is 1. The molecule has 1 aliphatic heterocycles. The first-order valence-electron chi connectivity index (χ1n) is 6.45. The molecule has 108 valence electrons. The van der Waals surface area contributed by atoms with Crippen LogP contribution in [-0.4, -0.2) is 34.2 Å². The Kier molecular flexibility index (Phi) is 3.64. The summed E-state index contributed by atoms with van der Waals surface area (Å²) in [5.74, 6) is 0.347. The van der Waals surface area contributed by atoms with Gasteiger partial charge in [-0.05, 0) is 32.8 Å². The fourth-order valence-electron chi connectivity index (χ4n) is 2.46. The van der Waals surface area contributed by atoms with Crippen molar-refractivity contribution in [2.24, 2.45) is 16.9 Å². The van der Waals surface area contributed by atoms with Gasteiger partial charge in [-0.2, -0.15) is 5.10 Å². The number of amides is 1. The number of carbonyl (C=O) groups is 1. The smallest absolute Gasteiger partial charge is 0.225 e. The molecule has 2 heterocycles. The van der Waals surface area contributed by atoms with Gasteiger partial charge in [-0.25, -0.2) is 0 Å². The number of carbonyl (C=O) groups excluding carboxylic acids is 1. The highest BCUT2D eigenvalue weighted by Gasteiger charge is 2.40. The van der Waals surface area contributed by atoms with Crippen molar-refractivity contribution < 1.29 is 4.79 Å². The summed E-state index contributed by atoms with van der Waals surface area (Å²) in [6, 6.07) is 0. The van der Waals surface area contributed by atoms with Gasteiger partial charge in [0, 0.05) is 13.1 Å². The van der Waals surface area contributed by atoms with E-state index in [-0.39, 0.29) is 5.91 Å². The van der Waals surface area contributed by atoms with Gasteiger partial charge in [-0.1, -0.05) is 12.2 Å². The molecule has 20 heavy (non-hydrogen) atoms. The van der Waals surface area contributed by atoms with E-state index in [9.17, 15) is 4.79 Å². The van der Waals surface area contributed by atoms with Gasteiger partial charge in [0.05, 0.1) is 16.7 Å². The van der Waals surface area contributed by atoms with Gasteiger partial charge in [-0.15, -0.1) is 5.10 Å². The summed E-state index contributed by atoms with van der Waals surface area (Å²) in [5.41, 5.74) is 13.2. The molecule has 0 radical (unpaired) electrons. The average Bonchev–Trinajstić information content (AvgIpc) is 2.76. The fraction of sp³-hybridized carbons (Fsp3) is 0.538. The van der Waals surface area contributed by atoms with Crippen LogP contribution in [-0.2, 0) is 4.79 Å². The van der Waals surface area contributed by atoms with E-state index in [1.165, 1.54) is 0 Å².